The summed E-state index contributed by atoms with van der Waals surface area (Å²) in [5.74, 6) is 0. The van der Waals surface area contributed by atoms with Gasteiger partial charge < -0.3 is 11.7 Å². The van der Waals surface area contributed by atoms with Crippen molar-refractivity contribution in [3.8, 4) is 0 Å². The first-order chi connectivity index (χ1) is 15.2. The first kappa shape index (κ1) is 22.0. The molecule has 0 atom stereocenters. The third kappa shape index (κ3) is 6.12. The third-order valence-corrected chi connectivity index (χ3v) is 4.83. The van der Waals surface area contributed by atoms with Gasteiger partial charge >= 0.3 is 15.1 Å². The molecule has 0 aromatic heterocycles. The third-order valence-electron chi connectivity index (χ3n) is 3.71. The molecule has 0 aliphatic carbocycles. The summed E-state index contributed by atoms with van der Waals surface area (Å²) in [5, 5.41) is 10.2. The number of hydrogen-bond acceptors (Lipinski definition) is 9. The predicted octanol–water partition coefficient (Wildman–Crippen LogP) is 4.33. The Bertz CT molecular complexity index is 844. The molecule has 0 radical (unpaired) electrons. The standard InChI is InChI=1S/3C6H5N2O2.Al/c3*9-7-8(10)6-4-2-1-3-5-6;/h3*1-5H;/q3*-1;+3. The van der Waals surface area contributed by atoms with Gasteiger partial charge in [-0.25, -0.2) is 0 Å². The molecular weight excluding hydrogens is 423 g/mol. The second-order valence-electron chi connectivity index (χ2n) is 5.68. The van der Waals surface area contributed by atoms with Gasteiger partial charge in [0.25, 0.3) is 0 Å². The number of nitrogens with zero attached hydrogens (tertiary/aromatic N) is 6. The summed E-state index contributed by atoms with van der Waals surface area (Å²) >= 11 is -3.57. The molecule has 0 bridgehead atoms. The molecule has 31 heavy (non-hydrogen) atoms. The van der Waals surface area contributed by atoms with Gasteiger partial charge in [0, 0.05) is 0 Å². The van der Waals surface area contributed by atoms with E-state index in [9.17, 15) is 14.7 Å². The Kier molecular flexibility index (Phi) is 8.12. The molecule has 12 nitrogen and oxygen atoms in total. The van der Waals surface area contributed by atoms with Gasteiger partial charge in [0.2, 0.25) is 0 Å². The Labute approximate surface area is 181 Å². The van der Waals surface area contributed by atoms with Crippen LogP contribution in [0.25, 0.3) is 0 Å². The number of nitroso groups, excluding NO2 is 3. The van der Waals surface area contributed by atoms with Crippen LogP contribution < -0.4 is 15.5 Å². The van der Waals surface area contributed by atoms with Gasteiger partial charge in [-0.3, -0.25) is 0 Å². The Morgan fingerprint density at radius 3 is 0.968 bits per heavy atom. The maximum absolute atomic E-state index is 11.4. The Morgan fingerprint density at radius 1 is 0.484 bits per heavy atom. The SMILES string of the molecule is O=NN([O][Al]([O]N(N=O)c1ccccc1)[O]N(N=O)c1ccccc1)c1ccccc1. The summed E-state index contributed by atoms with van der Waals surface area (Å²) in [6.45, 7) is 0. The minimum Gasteiger partial charge on any atom is -0.316 e. The predicted molar refractivity (Wildman–Crippen MR) is 113 cm³/mol. The van der Waals surface area contributed by atoms with Crippen molar-refractivity contribution in [2.24, 2.45) is 15.9 Å². The molecule has 3 rings (SSSR count). The second kappa shape index (κ2) is 11.5. The smallest absolute Gasteiger partial charge is 0.316 e. The van der Waals surface area contributed by atoms with Crippen molar-refractivity contribution in [2.75, 3.05) is 15.5 Å². The summed E-state index contributed by atoms with van der Waals surface area (Å²) in [6.07, 6.45) is 0. The molecule has 0 fully saturated rings. The molecule has 0 amide bonds. The summed E-state index contributed by atoms with van der Waals surface area (Å²) in [5.41, 5.74) is 0.786. The van der Waals surface area contributed by atoms with Crippen molar-refractivity contribution in [2.45, 2.75) is 0 Å². The minimum atomic E-state index is -3.57. The highest BCUT2D eigenvalue weighted by Crippen LogP contribution is 2.21. The largest absolute Gasteiger partial charge is 0.980 e. The maximum Gasteiger partial charge on any atom is 0.980 e. The van der Waals surface area contributed by atoms with Crippen LogP contribution in [0.2, 0.25) is 0 Å². The van der Waals surface area contributed by atoms with Gasteiger partial charge in [0.05, 0.1) is 32.9 Å². The van der Waals surface area contributed by atoms with Crippen LogP contribution in [0.3, 0.4) is 0 Å². The average molecular weight is 438 g/mol. The Balaban J connectivity index is 1.85. The fraction of sp³-hybridized carbons (Fsp3) is 0. The van der Waals surface area contributed by atoms with E-state index in [1.54, 1.807) is 91.0 Å². The van der Waals surface area contributed by atoms with Crippen molar-refractivity contribution < 1.29 is 11.7 Å². The summed E-state index contributed by atoms with van der Waals surface area (Å²) < 4.78 is 16.4. The molecule has 0 aliphatic rings. The monoisotopic (exact) mass is 438 g/mol. The highest BCUT2D eigenvalue weighted by atomic mass is 27.3. The first-order valence-electron chi connectivity index (χ1n) is 8.81. The number of benzene rings is 3. The molecule has 156 valence electrons. The Hall–Kier alpha value is -3.73. The Morgan fingerprint density at radius 2 is 0.742 bits per heavy atom. The zero-order valence-electron chi connectivity index (χ0n) is 15.9. The van der Waals surface area contributed by atoms with E-state index in [0.29, 0.717) is 15.5 Å². The van der Waals surface area contributed by atoms with Crippen LogP contribution in [0.1, 0.15) is 0 Å². The van der Waals surface area contributed by atoms with Gasteiger partial charge in [0.15, 0.2) is 0 Å². The lowest BCUT2D eigenvalue weighted by Gasteiger charge is -2.24. The lowest BCUT2D eigenvalue weighted by atomic mass is 10.3. The topological polar surface area (TPSA) is 126 Å². The van der Waals surface area contributed by atoms with Crippen LogP contribution >= 0.6 is 0 Å². The van der Waals surface area contributed by atoms with Crippen LogP contribution in [0.15, 0.2) is 107 Å². The van der Waals surface area contributed by atoms with E-state index in [-0.39, 0.29) is 17.1 Å². The van der Waals surface area contributed by atoms with E-state index >= 15 is 0 Å². The van der Waals surface area contributed by atoms with Gasteiger partial charge in [-0.15, -0.1) is 30.2 Å². The van der Waals surface area contributed by atoms with Crippen molar-refractivity contribution in [1.82, 2.24) is 0 Å². The van der Waals surface area contributed by atoms with E-state index < -0.39 is 15.1 Å². The molecule has 0 N–H and O–H groups in total. The maximum atomic E-state index is 11.4. The molecular formula is C18H15AlN6O6. The summed E-state index contributed by atoms with van der Waals surface area (Å²) in [4.78, 5) is 34.1. The normalized spacial score (nSPS) is 10.1. The molecule has 0 aliphatic heterocycles. The fourth-order valence-electron chi connectivity index (χ4n) is 2.35. The van der Waals surface area contributed by atoms with E-state index in [2.05, 4.69) is 15.9 Å². The molecule has 0 saturated carbocycles. The minimum absolute atomic E-state index is 0.262. The molecule has 0 unspecified atom stereocenters. The van der Waals surface area contributed by atoms with E-state index in [4.69, 9.17) is 11.7 Å². The highest BCUT2D eigenvalue weighted by molar-refractivity contribution is 6.37. The molecule has 3 aromatic rings. The van der Waals surface area contributed by atoms with Gasteiger partial charge in [-0.2, -0.15) is 0 Å². The van der Waals surface area contributed by atoms with Crippen LogP contribution in [0, 0.1) is 14.7 Å². The molecule has 13 heteroatoms. The first-order valence-corrected chi connectivity index (χ1v) is 10.2. The van der Waals surface area contributed by atoms with Crippen molar-refractivity contribution >= 4 is 32.2 Å². The van der Waals surface area contributed by atoms with Gasteiger partial charge in [-0.05, 0) is 36.4 Å². The molecule has 3 aromatic carbocycles. The molecule has 0 spiro atoms. The van der Waals surface area contributed by atoms with Crippen molar-refractivity contribution in [3.05, 3.63) is 106 Å². The van der Waals surface area contributed by atoms with Gasteiger partial charge in [-0.1, -0.05) is 54.6 Å². The number of para-hydroxylation sites is 3. The van der Waals surface area contributed by atoms with E-state index in [1.165, 1.54) is 0 Å². The average Bonchev–Trinajstić information content (AvgIpc) is 2.85. The fourth-order valence-corrected chi connectivity index (χ4v) is 3.44. The lowest BCUT2D eigenvalue weighted by molar-refractivity contribution is 0.0650. The summed E-state index contributed by atoms with van der Waals surface area (Å²) in [7, 11) is 0. The summed E-state index contributed by atoms with van der Waals surface area (Å²) in [6, 6.07) is 24.4. The van der Waals surface area contributed by atoms with Crippen LogP contribution in [0.5, 0.6) is 0 Å². The van der Waals surface area contributed by atoms with Crippen molar-refractivity contribution in [3.63, 3.8) is 0 Å². The van der Waals surface area contributed by atoms with Crippen LogP contribution in [-0.4, -0.2) is 15.1 Å². The van der Waals surface area contributed by atoms with E-state index in [1.807, 2.05) is 0 Å². The lowest BCUT2D eigenvalue weighted by Crippen LogP contribution is -2.42. The van der Waals surface area contributed by atoms with E-state index in [0.717, 1.165) is 0 Å². The van der Waals surface area contributed by atoms with Crippen LogP contribution in [0.4, 0.5) is 17.1 Å². The number of hydrogen-bond donors (Lipinski definition) is 0. The number of rotatable bonds is 12. The second-order valence-corrected chi connectivity index (χ2v) is 6.89. The molecule has 0 heterocycles. The molecule has 0 saturated heterocycles. The zero-order valence-corrected chi connectivity index (χ0v) is 17.0. The quantitative estimate of drug-likeness (QED) is 0.231. The van der Waals surface area contributed by atoms with Crippen molar-refractivity contribution in [1.29, 1.82) is 0 Å². The number of anilines is 3. The van der Waals surface area contributed by atoms with Crippen LogP contribution in [-0.2, 0) is 11.7 Å². The highest BCUT2D eigenvalue weighted by Gasteiger charge is 2.44. The zero-order chi connectivity index (χ0) is 21.9. The van der Waals surface area contributed by atoms with Gasteiger partial charge in [0.1, 0.15) is 0 Å².